The highest BCUT2D eigenvalue weighted by molar-refractivity contribution is 5.88. The van der Waals surface area contributed by atoms with Crippen LogP contribution in [0.2, 0.25) is 0 Å². The van der Waals surface area contributed by atoms with Gasteiger partial charge in [-0.1, -0.05) is 75.4 Å². The van der Waals surface area contributed by atoms with Crippen molar-refractivity contribution in [3.05, 3.63) is 83.1 Å². The van der Waals surface area contributed by atoms with Crippen LogP contribution < -0.4 is 5.43 Å². The van der Waals surface area contributed by atoms with Crippen LogP contribution in [0.25, 0.3) is 0 Å². The molecule has 0 saturated carbocycles. The molecule has 1 unspecified atom stereocenters. The number of hydrogen-bond donors (Lipinski definition) is 1. The summed E-state index contributed by atoms with van der Waals surface area (Å²) >= 11 is 0. The van der Waals surface area contributed by atoms with E-state index in [0.717, 1.165) is 11.1 Å². The summed E-state index contributed by atoms with van der Waals surface area (Å²) in [6.07, 6.45) is 1.94. The molecule has 0 saturated heterocycles. The SMILES string of the molecule is CCOC(=O)C1=CC(c2ccccc2)NN1Cc1ccc(C(C)(C)C)cc1. The number of nitrogens with zero attached hydrogens (tertiary/aromatic N) is 1. The van der Waals surface area contributed by atoms with Crippen molar-refractivity contribution in [2.24, 2.45) is 0 Å². The van der Waals surface area contributed by atoms with E-state index in [1.807, 2.05) is 36.2 Å². The van der Waals surface area contributed by atoms with E-state index in [4.69, 9.17) is 4.74 Å². The highest BCUT2D eigenvalue weighted by Gasteiger charge is 2.29. The van der Waals surface area contributed by atoms with E-state index in [9.17, 15) is 4.79 Å². The van der Waals surface area contributed by atoms with E-state index in [2.05, 4.69) is 62.6 Å². The van der Waals surface area contributed by atoms with Crippen molar-refractivity contribution in [2.75, 3.05) is 6.61 Å². The minimum Gasteiger partial charge on any atom is -0.461 e. The lowest BCUT2D eigenvalue weighted by atomic mass is 9.87. The first kappa shape index (κ1) is 19.2. The van der Waals surface area contributed by atoms with Crippen molar-refractivity contribution in [3.8, 4) is 0 Å². The first-order chi connectivity index (χ1) is 12.9. The van der Waals surface area contributed by atoms with Gasteiger partial charge >= 0.3 is 5.97 Å². The number of hydrogen-bond acceptors (Lipinski definition) is 4. The fourth-order valence-corrected chi connectivity index (χ4v) is 3.16. The van der Waals surface area contributed by atoms with Crippen LogP contribution in [0.15, 0.2) is 66.4 Å². The second-order valence-electron chi connectivity index (χ2n) is 7.82. The highest BCUT2D eigenvalue weighted by Crippen LogP contribution is 2.27. The van der Waals surface area contributed by atoms with Gasteiger partial charge in [0.05, 0.1) is 19.2 Å². The van der Waals surface area contributed by atoms with Crippen LogP contribution in [0.5, 0.6) is 0 Å². The van der Waals surface area contributed by atoms with Crippen molar-refractivity contribution < 1.29 is 9.53 Å². The Morgan fingerprint density at radius 1 is 1.07 bits per heavy atom. The number of ether oxygens (including phenoxy) is 1. The molecule has 4 nitrogen and oxygen atoms in total. The molecule has 1 atom stereocenters. The Morgan fingerprint density at radius 3 is 2.33 bits per heavy atom. The van der Waals surface area contributed by atoms with Gasteiger partial charge < -0.3 is 4.74 Å². The van der Waals surface area contributed by atoms with E-state index in [0.29, 0.717) is 18.8 Å². The Kier molecular flexibility index (Phi) is 5.66. The molecule has 0 bridgehead atoms. The average molecular weight is 364 g/mol. The molecule has 1 aliphatic heterocycles. The van der Waals surface area contributed by atoms with Crippen LogP contribution in [0.1, 0.15) is 50.4 Å². The van der Waals surface area contributed by atoms with Gasteiger partial charge in [0.25, 0.3) is 0 Å². The molecule has 0 radical (unpaired) electrons. The van der Waals surface area contributed by atoms with E-state index < -0.39 is 0 Å². The molecule has 1 aliphatic rings. The second-order valence-corrected chi connectivity index (χ2v) is 7.82. The number of nitrogens with one attached hydrogen (secondary N) is 1. The normalized spacial score (nSPS) is 17.0. The molecule has 1 heterocycles. The minimum atomic E-state index is -0.297. The molecule has 2 aromatic rings. The molecular weight excluding hydrogens is 336 g/mol. The fraction of sp³-hybridized carbons (Fsp3) is 0.348. The molecule has 0 fully saturated rings. The maximum absolute atomic E-state index is 12.4. The number of carbonyl (C=O) groups is 1. The van der Waals surface area contributed by atoms with Crippen LogP contribution in [-0.4, -0.2) is 17.6 Å². The van der Waals surface area contributed by atoms with Gasteiger partial charge in [-0.05, 0) is 35.1 Å². The van der Waals surface area contributed by atoms with Gasteiger partial charge in [-0.2, -0.15) is 0 Å². The molecule has 0 aromatic heterocycles. The quantitative estimate of drug-likeness (QED) is 0.794. The summed E-state index contributed by atoms with van der Waals surface area (Å²) in [4.78, 5) is 12.4. The van der Waals surface area contributed by atoms with Crippen molar-refractivity contribution in [1.29, 1.82) is 0 Å². The van der Waals surface area contributed by atoms with Crippen LogP contribution in [0, 0.1) is 0 Å². The molecule has 2 aromatic carbocycles. The van der Waals surface area contributed by atoms with Crippen LogP contribution >= 0.6 is 0 Å². The predicted octanol–water partition coefficient (Wildman–Crippen LogP) is 4.49. The Labute approximate surface area is 161 Å². The molecular formula is C23H28N2O2. The number of esters is 1. The average Bonchev–Trinajstić information content (AvgIpc) is 3.06. The summed E-state index contributed by atoms with van der Waals surface area (Å²) in [6.45, 7) is 9.39. The summed E-state index contributed by atoms with van der Waals surface area (Å²) in [7, 11) is 0. The maximum Gasteiger partial charge on any atom is 0.355 e. The van der Waals surface area contributed by atoms with E-state index in [1.54, 1.807) is 0 Å². The third-order valence-electron chi connectivity index (χ3n) is 4.71. The molecule has 4 heteroatoms. The molecule has 0 aliphatic carbocycles. The van der Waals surface area contributed by atoms with E-state index >= 15 is 0 Å². The van der Waals surface area contributed by atoms with Crippen LogP contribution in [0.4, 0.5) is 0 Å². The molecule has 3 rings (SSSR count). The standard InChI is InChI=1S/C23H28N2O2/c1-5-27-22(26)21-15-20(18-9-7-6-8-10-18)24-25(21)16-17-11-13-19(14-12-17)23(2,3)4/h6-15,20,24H,5,16H2,1-4H3. The summed E-state index contributed by atoms with van der Waals surface area (Å²) in [6, 6.07) is 18.6. The largest absolute Gasteiger partial charge is 0.461 e. The minimum absolute atomic E-state index is 0.0422. The summed E-state index contributed by atoms with van der Waals surface area (Å²) in [5.41, 5.74) is 7.66. The van der Waals surface area contributed by atoms with Gasteiger partial charge in [0.15, 0.2) is 0 Å². The van der Waals surface area contributed by atoms with Crippen molar-refractivity contribution >= 4 is 5.97 Å². The summed E-state index contributed by atoms with van der Waals surface area (Å²) in [5.74, 6) is -0.297. The number of carbonyl (C=O) groups excluding carboxylic acids is 1. The lowest BCUT2D eigenvalue weighted by Gasteiger charge is -2.24. The summed E-state index contributed by atoms with van der Waals surface area (Å²) < 4.78 is 5.25. The van der Waals surface area contributed by atoms with Gasteiger partial charge in [0.2, 0.25) is 0 Å². The predicted molar refractivity (Wildman–Crippen MR) is 108 cm³/mol. The Hall–Kier alpha value is -2.59. The van der Waals surface area contributed by atoms with Gasteiger partial charge in [-0.15, -0.1) is 0 Å². The van der Waals surface area contributed by atoms with Crippen molar-refractivity contribution in [3.63, 3.8) is 0 Å². The molecule has 0 spiro atoms. The zero-order valence-electron chi connectivity index (χ0n) is 16.5. The first-order valence-electron chi connectivity index (χ1n) is 9.45. The lowest BCUT2D eigenvalue weighted by Crippen LogP contribution is -2.35. The van der Waals surface area contributed by atoms with Crippen molar-refractivity contribution in [1.82, 2.24) is 10.4 Å². The first-order valence-corrected chi connectivity index (χ1v) is 9.45. The van der Waals surface area contributed by atoms with Gasteiger partial charge in [-0.3, -0.25) is 5.01 Å². The monoisotopic (exact) mass is 364 g/mol. The van der Waals surface area contributed by atoms with E-state index in [1.165, 1.54) is 5.56 Å². The fourth-order valence-electron chi connectivity index (χ4n) is 3.16. The lowest BCUT2D eigenvalue weighted by molar-refractivity contribution is -0.140. The number of benzene rings is 2. The third kappa shape index (κ3) is 4.58. The Bertz CT molecular complexity index is 805. The number of rotatable bonds is 5. The van der Waals surface area contributed by atoms with Crippen molar-refractivity contribution in [2.45, 2.75) is 45.7 Å². The summed E-state index contributed by atoms with van der Waals surface area (Å²) in [5, 5.41) is 1.89. The highest BCUT2D eigenvalue weighted by atomic mass is 16.5. The Balaban J connectivity index is 1.80. The zero-order chi connectivity index (χ0) is 19.4. The topological polar surface area (TPSA) is 41.6 Å². The smallest absolute Gasteiger partial charge is 0.355 e. The molecule has 142 valence electrons. The van der Waals surface area contributed by atoms with Crippen LogP contribution in [0.3, 0.4) is 0 Å². The van der Waals surface area contributed by atoms with Gasteiger partial charge in [0, 0.05) is 0 Å². The zero-order valence-corrected chi connectivity index (χ0v) is 16.5. The third-order valence-corrected chi connectivity index (χ3v) is 4.71. The van der Waals surface area contributed by atoms with E-state index in [-0.39, 0.29) is 17.4 Å². The number of hydrazine groups is 1. The molecule has 1 N–H and O–H groups in total. The van der Waals surface area contributed by atoms with Gasteiger partial charge in [0.1, 0.15) is 5.70 Å². The molecule has 0 amide bonds. The van der Waals surface area contributed by atoms with Crippen LogP contribution in [-0.2, 0) is 21.5 Å². The molecule has 27 heavy (non-hydrogen) atoms. The van der Waals surface area contributed by atoms with Gasteiger partial charge in [-0.25, -0.2) is 10.2 Å². The second kappa shape index (κ2) is 7.97. The Morgan fingerprint density at radius 2 is 1.74 bits per heavy atom. The maximum atomic E-state index is 12.4.